The molecule has 0 saturated carbocycles. The first kappa shape index (κ1) is 11.3. The van der Waals surface area contributed by atoms with E-state index in [2.05, 4.69) is 11.9 Å². The van der Waals surface area contributed by atoms with E-state index >= 15 is 0 Å². The van der Waals surface area contributed by atoms with Crippen LogP contribution >= 0.6 is 0 Å². The lowest BCUT2D eigenvalue weighted by Gasteiger charge is -2.24. The predicted molar refractivity (Wildman–Crippen MR) is 61.0 cm³/mol. The Morgan fingerprint density at radius 3 is 3.12 bits per heavy atom. The molecule has 0 aromatic carbocycles. The number of hydrogen-bond acceptors (Lipinski definition) is 3. The maximum atomic E-state index is 13.5. The molecule has 2 heterocycles. The summed E-state index contributed by atoms with van der Waals surface area (Å²) in [6, 6.07) is 3.07. The molecule has 3 nitrogen and oxygen atoms in total. The number of pyridine rings is 1. The van der Waals surface area contributed by atoms with E-state index < -0.39 is 0 Å². The van der Waals surface area contributed by atoms with Crippen LogP contribution in [0.3, 0.4) is 0 Å². The summed E-state index contributed by atoms with van der Waals surface area (Å²) in [6.45, 7) is 4.51. The van der Waals surface area contributed by atoms with Gasteiger partial charge >= 0.3 is 0 Å². The van der Waals surface area contributed by atoms with E-state index in [4.69, 9.17) is 4.74 Å². The predicted octanol–water partition coefficient (Wildman–Crippen LogP) is 2.08. The Hall–Kier alpha value is -1.16. The van der Waals surface area contributed by atoms with Gasteiger partial charge in [-0.2, -0.15) is 0 Å². The zero-order valence-corrected chi connectivity index (χ0v) is 9.74. The second-order valence-corrected chi connectivity index (χ2v) is 4.72. The largest absolute Gasteiger partial charge is 0.384 e. The maximum Gasteiger partial charge on any atom is 0.165 e. The zero-order valence-electron chi connectivity index (χ0n) is 9.74. The first-order chi connectivity index (χ1) is 7.64. The van der Waals surface area contributed by atoms with Crippen molar-refractivity contribution in [3.63, 3.8) is 0 Å². The monoisotopic (exact) mass is 224 g/mol. The molecule has 1 aromatic rings. The summed E-state index contributed by atoms with van der Waals surface area (Å²) in [7, 11) is 1.70. The molecule has 0 radical (unpaired) electrons. The SMILES string of the molecule is COCC1(C)CCN(c2ncccc2F)C1. The van der Waals surface area contributed by atoms with Crippen molar-refractivity contribution in [3.8, 4) is 0 Å². The average Bonchev–Trinajstić information content (AvgIpc) is 2.62. The molecule has 1 saturated heterocycles. The summed E-state index contributed by atoms with van der Waals surface area (Å²) in [4.78, 5) is 6.09. The van der Waals surface area contributed by atoms with E-state index in [1.54, 1.807) is 19.4 Å². The third-order valence-corrected chi connectivity index (χ3v) is 3.09. The van der Waals surface area contributed by atoms with Gasteiger partial charge < -0.3 is 9.64 Å². The normalized spacial score (nSPS) is 25.1. The molecule has 88 valence electrons. The molecule has 0 amide bonds. The van der Waals surface area contributed by atoms with Crippen LogP contribution in [0.1, 0.15) is 13.3 Å². The van der Waals surface area contributed by atoms with Crippen LogP contribution in [0.5, 0.6) is 0 Å². The molecule has 1 unspecified atom stereocenters. The minimum absolute atomic E-state index is 0.110. The molecule has 1 aromatic heterocycles. The standard InChI is InChI=1S/C12H17FN2O/c1-12(9-16-2)5-7-15(8-12)11-10(13)4-3-6-14-11/h3-4,6H,5,7-9H2,1-2H3. The smallest absolute Gasteiger partial charge is 0.165 e. The van der Waals surface area contributed by atoms with Crippen molar-refractivity contribution in [1.29, 1.82) is 0 Å². The van der Waals surface area contributed by atoms with Crippen molar-refractivity contribution in [3.05, 3.63) is 24.1 Å². The summed E-state index contributed by atoms with van der Waals surface area (Å²) in [5.74, 6) is 0.214. The lowest BCUT2D eigenvalue weighted by atomic mass is 9.91. The summed E-state index contributed by atoms with van der Waals surface area (Å²) in [5, 5.41) is 0. The first-order valence-electron chi connectivity index (χ1n) is 5.49. The Labute approximate surface area is 95.2 Å². The second kappa shape index (κ2) is 4.37. The number of halogens is 1. The van der Waals surface area contributed by atoms with E-state index in [-0.39, 0.29) is 11.2 Å². The number of aromatic nitrogens is 1. The molecular weight excluding hydrogens is 207 g/mol. The maximum absolute atomic E-state index is 13.5. The molecule has 1 fully saturated rings. The Morgan fingerprint density at radius 1 is 1.62 bits per heavy atom. The molecule has 0 bridgehead atoms. The van der Waals surface area contributed by atoms with Gasteiger partial charge in [0.05, 0.1) is 6.61 Å². The minimum atomic E-state index is -0.246. The number of anilines is 1. The average molecular weight is 224 g/mol. The van der Waals surface area contributed by atoms with E-state index in [1.165, 1.54) is 6.07 Å². The second-order valence-electron chi connectivity index (χ2n) is 4.72. The fourth-order valence-corrected chi connectivity index (χ4v) is 2.28. The van der Waals surface area contributed by atoms with Gasteiger partial charge in [0.15, 0.2) is 11.6 Å². The molecule has 0 spiro atoms. The van der Waals surface area contributed by atoms with Gasteiger partial charge in [0, 0.05) is 31.8 Å². The lowest BCUT2D eigenvalue weighted by molar-refractivity contribution is 0.106. The molecule has 0 aliphatic carbocycles. The minimum Gasteiger partial charge on any atom is -0.384 e. The van der Waals surface area contributed by atoms with Gasteiger partial charge in [-0.1, -0.05) is 6.92 Å². The van der Waals surface area contributed by atoms with Crippen LogP contribution in [0, 0.1) is 11.2 Å². The molecule has 2 rings (SSSR count). The zero-order chi connectivity index (χ0) is 11.6. The van der Waals surface area contributed by atoms with Gasteiger partial charge in [0.25, 0.3) is 0 Å². The molecule has 1 atom stereocenters. The molecule has 0 N–H and O–H groups in total. The Morgan fingerprint density at radius 2 is 2.44 bits per heavy atom. The van der Waals surface area contributed by atoms with Crippen molar-refractivity contribution in [2.75, 3.05) is 31.7 Å². The number of ether oxygens (including phenoxy) is 1. The summed E-state index contributed by atoms with van der Waals surface area (Å²) in [6.07, 6.45) is 2.64. The number of nitrogens with zero attached hydrogens (tertiary/aromatic N) is 2. The fourth-order valence-electron chi connectivity index (χ4n) is 2.28. The molecule has 16 heavy (non-hydrogen) atoms. The van der Waals surface area contributed by atoms with Gasteiger partial charge in [0.1, 0.15) is 0 Å². The van der Waals surface area contributed by atoms with Crippen LogP contribution < -0.4 is 4.90 Å². The molecule has 1 aliphatic rings. The highest BCUT2D eigenvalue weighted by molar-refractivity contribution is 5.41. The van der Waals surface area contributed by atoms with Gasteiger partial charge in [0.2, 0.25) is 0 Å². The first-order valence-corrected chi connectivity index (χ1v) is 5.49. The summed E-state index contributed by atoms with van der Waals surface area (Å²) < 4.78 is 18.7. The third-order valence-electron chi connectivity index (χ3n) is 3.09. The summed E-state index contributed by atoms with van der Waals surface area (Å²) >= 11 is 0. The van der Waals surface area contributed by atoms with E-state index in [0.29, 0.717) is 12.4 Å². The van der Waals surface area contributed by atoms with Crippen molar-refractivity contribution < 1.29 is 9.13 Å². The number of hydrogen-bond donors (Lipinski definition) is 0. The Kier molecular flexibility index (Phi) is 3.10. The van der Waals surface area contributed by atoms with E-state index in [9.17, 15) is 4.39 Å². The van der Waals surface area contributed by atoms with E-state index in [1.807, 2.05) is 4.90 Å². The topological polar surface area (TPSA) is 25.4 Å². The molecular formula is C12H17FN2O. The van der Waals surface area contributed by atoms with Crippen LogP contribution in [0.25, 0.3) is 0 Å². The van der Waals surface area contributed by atoms with Gasteiger partial charge in [-0.3, -0.25) is 0 Å². The number of methoxy groups -OCH3 is 1. The van der Waals surface area contributed by atoms with Crippen LogP contribution in [0.15, 0.2) is 18.3 Å². The quantitative estimate of drug-likeness (QED) is 0.786. The van der Waals surface area contributed by atoms with Crippen LogP contribution in [0.2, 0.25) is 0 Å². The molecule has 4 heteroatoms. The van der Waals surface area contributed by atoms with Crippen LogP contribution in [0.4, 0.5) is 10.2 Å². The van der Waals surface area contributed by atoms with Crippen molar-refractivity contribution in [2.24, 2.45) is 5.41 Å². The summed E-state index contributed by atoms with van der Waals surface area (Å²) in [5.41, 5.74) is 0.110. The highest BCUT2D eigenvalue weighted by Gasteiger charge is 2.35. The van der Waals surface area contributed by atoms with Gasteiger partial charge in [-0.15, -0.1) is 0 Å². The Bertz CT molecular complexity index is 372. The fraction of sp³-hybridized carbons (Fsp3) is 0.583. The van der Waals surface area contributed by atoms with Crippen LogP contribution in [-0.4, -0.2) is 31.8 Å². The third kappa shape index (κ3) is 2.16. The highest BCUT2D eigenvalue weighted by Crippen LogP contribution is 2.33. The van der Waals surface area contributed by atoms with Crippen molar-refractivity contribution in [2.45, 2.75) is 13.3 Å². The van der Waals surface area contributed by atoms with Crippen molar-refractivity contribution in [1.82, 2.24) is 4.98 Å². The Balaban J connectivity index is 2.12. The number of rotatable bonds is 3. The van der Waals surface area contributed by atoms with Crippen molar-refractivity contribution >= 4 is 5.82 Å². The van der Waals surface area contributed by atoms with E-state index in [0.717, 1.165) is 19.5 Å². The van der Waals surface area contributed by atoms with Gasteiger partial charge in [-0.05, 0) is 18.6 Å². The lowest BCUT2D eigenvalue weighted by Crippen LogP contribution is -2.29. The van der Waals surface area contributed by atoms with Gasteiger partial charge in [-0.25, -0.2) is 9.37 Å². The highest BCUT2D eigenvalue weighted by atomic mass is 19.1. The van der Waals surface area contributed by atoms with Crippen LogP contribution in [-0.2, 0) is 4.74 Å². The molecule has 1 aliphatic heterocycles.